The van der Waals surface area contributed by atoms with Gasteiger partial charge in [0.25, 0.3) is 0 Å². The second kappa shape index (κ2) is 5.55. The molecule has 1 rings (SSSR count). The van der Waals surface area contributed by atoms with Gasteiger partial charge in [-0.1, -0.05) is 0 Å². The molecule has 0 aliphatic rings. The van der Waals surface area contributed by atoms with Crippen LogP contribution in [0.4, 0.5) is 5.95 Å². The van der Waals surface area contributed by atoms with Crippen molar-refractivity contribution in [1.82, 2.24) is 15.3 Å². The molecule has 0 saturated carbocycles. The van der Waals surface area contributed by atoms with Crippen molar-refractivity contribution in [2.45, 2.75) is 19.3 Å². The lowest BCUT2D eigenvalue weighted by atomic mass is 10.3. The number of aromatic nitrogens is 2. The molecule has 0 fully saturated rings. The van der Waals surface area contributed by atoms with Crippen LogP contribution in [0.1, 0.15) is 12.5 Å². The highest BCUT2D eigenvalue weighted by Gasteiger charge is 2.22. The van der Waals surface area contributed by atoms with E-state index in [1.165, 1.54) is 6.92 Å². The van der Waals surface area contributed by atoms with Gasteiger partial charge in [0.1, 0.15) is 5.78 Å². The van der Waals surface area contributed by atoms with Crippen LogP contribution in [0.3, 0.4) is 0 Å². The summed E-state index contributed by atoms with van der Waals surface area (Å²) in [5.41, 5.74) is 0.774. The highest BCUT2D eigenvalue weighted by atomic mass is 31.2. The minimum atomic E-state index is -4.08. The van der Waals surface area contributed by atoms with Crippen molar-refractivity contribution in [2.24, 2.45) is 0 Å². The molecule has 1 atom stereocenters. The molecule has 0 bridgehead atoms. The van der Waals surface area contributed by atoms with E-state index in [1.54, 1.807) is 17.3 Å². The first-order chi connectivity index (χ1) is 7.80. The van der Waals surface area contributed by atoms with Crippen molar-refractivity contribution in [3.05, 3.63) is 18.0 Å². The fourth-order valence-corrected chi connectivity index (χ4v) is 1.38. The first kappa shape index (κ1) is 14.1. The largest absolute Gasteiger partial charge is 0.347 e. The summed E-state index contributed by atoms with van der Waals surface area (Å²) < 4.78 is 10.9. The summed E-state index contributed by atoms with van der Waals surface area (Å²) in [6.45, 7) is 1.76. The molecule has 0 saturated heterocycles. The normalized spacial score (nSPS) is 13.5. The van der Waals surface area contributed by atoms with Crippen molar-refractivity contribution in [3.8, 4) is 0 Å². The van der Waals surface area contributed by atoms with E-state index in [9.17, 15) is 4.57 Å². The van der Waals surface area contributed by atoms with Crippen LogP contribution in [0.25, 0.3) is 0 Å². The molecule has 0 amide bonds. The Morgan fingerprint density at radius 1 is 1.41 bits per heavy atom. The number of anilines is 1. The van der Waals surface area contributed by atoms with Crippen LogP contribution >= 0.6 is 7.60 Å². The van der Waals surface area contributed by atoms with Gasteiger partial charge >= 0.3 is 7.60 Å². The molecular formula is C9H17N4O3P. The Morgan fingerprint density at radius 2 is 1.94 bits per heavy atom. The van der Waals surface area contributed by atoms with Crippen molar-refractivity contribution < 1.29 is 14.4 Å². The Balaban J connectivity index is 2.56. The third-order valence-electron chi connectivity index (χ3n) is 2.20. The van der Waals surface area contributed by atoms with Crippen LogP contribution < -0.4 is 10.2 Å². The minimum Gasteiger partial charge on any atom is -0.347 e. The zero-order valence-corrected chi connectivity index (χ0v) is 10.9. The molecule has 1 aromatic rings. The first-order valence-electron chi connectivity index (χ1n) is 5.07. The highest BCUT2D eigenvalue weighted by molar-refractivity contribution is 7.52. The SMILES string of the molecule is CC(NCc1cnc(N(C)C)nc1)P(=O)(O)O. The fraction of sp³-hybridized carbons (Fsp3) is 0.556. The van der Waals surface area contributed by atoms with Crippen molar-refractivity contribution >= 4 is 13.5 Å². The third kappa shape index (κ3) is 4.40. The Hall–Kier alpha value is -1.01. The van der Waals surface area contributed by atoms with Crippen LogP contribution in [-0.2, 0) is 11.1 Å². The zero-order valence-electron chi connectivity index (χ0n) is 10.0. The van der Waals surface area contributed by atoms with Crippen molar-refractivity contribution in [2.75, 3.05) is 19.0 Å². The summed E-state index contributed by atoms with van der Waals surface area (Å²) in [6.07, 6.45) is 3.25. The second-order valence-corrected chi connectivity index (χ2v) is 5.88. The molecular weight excluding hydrogens is 243 g/mol. The molecule has 1 aromatic heterocycles. The molecule has 96 valence electrons. The lowest BCUT2D eigenvalue weighted by molar-refractivity contribution is 0.350. The second-order valence-electron chi connectivity index (χ2n) is 3.93. The number of rotatable bonds is 5. The third-order valence-corrected chi connectivity index (χ3v) is 3.39. The van der Waals surface area contributed by atoms with E-state index >= 15 is 0 Å². The minimum absolute atomic E-state index is 0.319. The average molecular weight is 260 g/mol. The lowest BCUT2D eigenvalue weighted by Crippen LogP contribution is -2.25. The van der Waals surface area contributed by atoms with E-state index in [-0.39, 0.29) is 0 Å². The van der Waals surface area contributed by atoms with Gasteiger partial charge in [-0.3, -0.25) is 9.88 Å². The van der Waals surface area contributed by atoms with Crippen LogP contribution in [-0.4, -0.2) is 39.6 Å². The lowest BCUT2D eigenvalue weighted by Gasteiger charge is -2.15. The Labute approximate surface area is 100 Å². The van der Waals surface area contributed by atoms with Crippen LogP contribution in [0.15, 0.2) is 12.4 Å². The molecule has 1 unspecified atom stereocenters. The molecule has 0 aromatic carbocycles. The van der Waals surface area contributed by atoms with Gasteiger partial charge in [-0.2, -0.15) is 0 Å². The Morgan fingerprint density at radius 3 is 2.35 bits per heavy atom. The van der Waals surface area contributed by atoms with Gasteiger partial charge in [0.05, 0.1) is 0 Å². The quantitative estimate of drug-likeness (QED) is 0.648. The molecule has 7 nitrogen and oxygen atoms in total. The zero-order chi connectivity index (χ0) is 13.1. The summed E-state index contributed by atoms with van der Waals surface area (Å²) in [5.74, 6) is -0.284. The van der Waals surface area contributed by atoms with E-state index in [2.05, 4.69) is 15.3 Å². The molecule has 0 aliphatic carbocycles. The summed E-state index contributed by atoms with van der Waals surface area (Å²) in [6, 6.07) is 0. The van der Waals surface area contributed by atoms with Gasteiger partial charge in [-0.05, 0) is 6.92 Å². The maximum Gasteiger partial charge on any atom is 0.342 e. The van der Waals surface area contributed by atoms with Crippen LogP contribution in [0.2, 0.25) is 0 Å². The van der Waals surface area contributed by atoms with Crippen molar-refractivity contribution in [1.29, 1.82) is 0 Å². The first-order valence-corrected chi connectivity index (χ1v) is 6.75. The molecule has 17 heavy (non-hydrogen) atoms. The monoisotopic (exact) mass is 260 g/mol. The van der Waals surface area contributed by atoms with E-state index in [1.807, 2.05) is 14.1 Å². The summed E-state index contributed by atoms with van der Waals surface area (Å²) in [4.78, 5) is 27.8. The van der Waals surface area contributed by atoms with E-state index in [0.29, 0.717) is 12.5 Å². The predicted molar refractivity (Wildman–Crippen MR) is 64.7 cm³/mol. The van der Waals surface area contributed by atoms with Gasteiger partial charge in [-0.15, -0.1) is 0 Å². The summed E-state index contributed by atoms with van der Waals surface area (Å²) in [5, 5.41) is 2.73. The molecule has 0 spiro atoms. The summed E-state index contributed by atoms with van der Waals surface area (Å²) in [7, 11) is -0.406. The highest BCUT2D eigenvalue weighted by Crippen LogP contribution is 2.39. The maximum absolute atomic E-state index is 10.9. The smallest absolute Gasteiger partial charge is 0.342 e. The van der Waals surface area contributed by atoms with Gasteiger partial charge in [0.2, 0.25) is 5.95 Å². The Kier molecular flexibility index (Phi) is 4.59. The average Bonchev–Trinajstić information content (AvgIpc) is 2.25. The van der Waals surface area contributed by atoms with Gasteiger partial charge in [-0.25, -0.2) is 9.97 Å². The predicted octanol–water partition coefficient (Wildman–Crippen LogP) is 0.156. The topological polar surface area (TPSA) is 98.6 Å². The van der Waals surface area contributed by atoms with Crippen LogP contribution in [0.5, 0.6) is 0 Å². The van der Waals surface area contributed by atoms with E-state index in [0.717, 1.165) is 5.56 Å². The van der Waals surface area contributed by atoms with Crippen molar-refractivity contribution in [3.63, 3.8) is 0 Å². The fourth-order valence-electron chi connectivity index (χ4n) is 1.05. The standard InChI is InChI=1S/C9H17N4O3P/c1-7(17(14,15)16)10-4-8-5-11-9(12-6-8)13(2)3/h5-7,10H,4H2,1-3H3,(H2,14,15,16). The molecule has 3 N–H and O–H groups in total. The number of hydrogen-bond acceptors (Lipinski definition) is 5. The number of nitrogens with zero attached hydrogens (tertiary/aromatic N) is 3. The maximum atomic E-state index is 10.9. The number of nitrogens with one attached hydrogen (secondary N) is 1. The van der Waals surface area contributed by atoms with E-state index in [4.69, 9.17) is 9.79 Å². The van der Waals surface area contributed by atoms with Gasteiger partial charge in [0, 0.05) is 38.6 Å². The Bertz CT molecular complexity index is 403. The van der Waals surface area contributed by atoms with Gasteiger partial charge in [0.15, 0.2) is 0 Å². The molecule has 1 heterocycles. The van der Waals surface area contributed by atoms with Gasteiger partial charge < -0.3 is 14.7 Å². The molecule has 8 heteroatoms. The molecule has 0 radical (unpaired) electrons. The number of hydrogen-bond donors (Lipinski definition) is 3. The van der Waals surface area contributed by atoms with E-state index < -0.39 is 13.4 Å². The van der Waals surface area contributed by atoms with Crippen LogP contribution in [0, 0.1) is 0 Å². The molecule has 0 aliphatic heterocycles. The summed E-state index contributed by atoms with van der Waals surface area (Å²) >= 11 is 0.